The molecule has 4 N–H and O–H groups in total. The number of rotatable bonds is 3. The highest BCUT2D eigenvalue weighted by Crippen LogP contribution is 2.16. The van der Waals surface area contributed by atoms with Crippen LogP contribution in [-0.4, -0.2) is 29.7 Å². The van der Waals surface area contributed by atoms with Crippen LogP contribution < -0.4 is 11.1 Å². The predicted octanol–water partition coefficient (Wildman–Crippen LogP) is -0.0695. The van der Waals surface area contributed by atoms with Crippen LogP contribution in [0.2, 0.25) is 0 Å². The van der Waals surface area contributed by atoms with E-state index in [1.807, 2.05) is 0 Å². The monoisotopic (exact) mass is 172 g/mol. The van der Waals surface area contributed by atoms with Gasteiger partial charge in [-0.15, -0.1) is 0 Å². The predicted molar refractivity (Wildman–Crippen MR) is 45.9 cm³/mol. The van der Waals surface area contributed by atoms with E-state index in [4.69, 9.17) is 10.8 Å². The molecule has 0 aromatic rings. The quantitative estimate of drug-likeness (QED) is 0.557. The fourth-order valence-corrected chi connectivity index (χ4v) is 1.55. The highest BCUT2D eigenvalue weighted by Gasteiger charge is 2.18. The molecule has 0 aromatic carbocycles. The molecule has 0 saturated heterocycles. The Kier molecular flexibility index (Phi) is 3.49. The molecular formula is C8H16N2O2. The maximum Gasteiger partial charge on any atom is 0.317 e. The number of hydrogen-bond acceptors (Lipinski definition) is 3. The standard InChI is InChI=1S/C8H16N2O2/c9-6-1-3-7(4-2-6)10-5-8(11)12/h6-7,10H,1-5,9H2,(H,11,12)/t6-,7-. The second kappa shape index (κ2) is 4.42. The summed E-state index contributed by atoms with van der Waals surface area (Å²) in [5.41, 5.74) is 5.71. The van der Waals surface area contributed by atoms with Crippen LogP contribution in [0.1, 0.15) is 25.7 Å². The maximum atomic E-state index is 10.2. The Morgan fingerprint density at radius 1 is 1.42 bits per heavy atom. The Labute approximate surface area is 72.1 Å². The lowest BCUT2D eigenvalue weighted by Gasteiger charge is -2.26. The molecule has 0 spiro atoms. The normalized spacial score (nSPS) is 30.1. The van der Waals surface area contributed by atoms with E-state index in [1.165, 1.54) is 0 Å². The van der Waals surface area contributed by atoms with E-state index in [-0.39, 0.29) is 6.54 Å². The van der Waals surface area contributed by atoms with Crippen LogP contribution in [0.15, 0.2) is 0 Å². The van der Waals surface area contributed by atoms with Crippen molar-refractivity contribution >= 4 is 5.97 Å². The van der Waals surface area contributed by atoms with Crippen LogP contribution in [-0.2, 0) is 4.79 Å². The van der Waals surface area contributed by atoms with Crippen molar-refractivity contribution < 1.29 is 9.90 Å². The summed E-state index contributed by atoms with van der Waals surface area (Å²) in [5, 5.41) is 11.4. The summed E-state index contributed by atoms with van der Waals surface area (Å²) in [6.45, 7) is 0.0693. The zero-order valence-corrected chi connectivity index (χ0v) is 7.12. The van der Waals surface area contributed by atoms with Gasteiger partial charge in [-0.05, 0) is 25.7 Å². The summed E-state index contributed by atoms with van der Waals surface area (Å²) in [4.78, 5) is 10.2. The average Bonchev–Trinajstić information content (AvgIpc) is 2.03. The Bertz CT molecular complexity index is 153. The Balaban J connectivity index is 2.13. The molecule has 1 fully saturated rings. The Hall–Kier alpha value is -0.610. The van der Waals surface area contributed by atoms with E-state index >= 15 is 0 Å². The van der Waals surface area contributed by atoms with E-state index in [2.05, 4.69) is 5.32 Å². The van der Waals surface area contributed by atoms with E-state index < -0.39 is 5.97 Å². The van der Waals surface area contributed by atoms with Gasteiger partial charge in [0.15, 0.2) is 0 Å². The summed E-state index contributed by atoms with van der Waals surface area (Å²) < 4.78 is 0. The van der Waals surface area contributed by atoms with Gasteiger partial charge in [0, 0.05) is 12.1 Å². The van der Waals surface area contributed by atoms with Gasteiger partial charge in [0.05, 0.1) is 6.54 Å². The molecule has 4 nitrogen and oxygen atoms in total. The van der Waals surface area contributed by atoms with E-state index in [9.17, 15) is 4.79 Å². The second-order valence-corrected chi connectivity index (χ2v) is 3.39. The molecule has 0 atom stereocenters. The van der Waals surface area contributed by atoms with Crippen molar-refractivity contribution in [2.45, 2.75) is 37.8 Å². The van der Waals surface area contributed by atoms with Crippen LogP contribution in [0, 0.1) is 0 Å². The van der Waals surface area contributed by atoms with Gasteiger partial charge in [-0.25, -0.2) is 0 Å². The van der Waals surface area contributed by atoms with Crippen molar-refractivity contribution in [3.63, 3.8) is 0 Å². The van der Waals surface area contributed by atoms with Gasteiger partial charge in [-0.3, -0.25) is 4.79 Å². The minimum absolute atomic E-state index is 0.0693. The van der Waals surface area contributed by atoms with Crippen molar-refractivity contribution in [3.05, 3.63) is 0 Å². The van der Waals surface area contributed by atoms with Crippen LogP contribution in [0.5, 0.6) is 0 Å². The molecule has 1 saturated carbocycles. The number of nitrogens with two attached hydrogens (primary N) is 1. The first-order chi connectivity index (χ1) is 5.68. The maximum absolute atomic E-state index is 10.2. The van der Waals surface area contributed by atoms with Gasteiger partial charge < -0.3 is 16.2 Å². The molecule has 0 unspecified atom stereocenters. The lowest BCUT2D eigenvalue weighted by molar-refractivity contribution is -0.136. The van der Waals surface area contributed by atoms with E-state index in [0.717, 1.165) is 25.7 Å². The molecule has 70 valence electrons. The fourth-order valence-electron chi connectivity index (χ4n) is 1.55. The summed E-state index contributed by atoms with van der Waals surface area (Å²) in [5.74, 6) is -0.787. The molecule has 4 heteroatoms. The van der Waals surface area contributed by atoms with Gasteiger partial charge in [-0.2, -0.15) is 0 Å². The third-order valence-corrected chi connectivity index (χ3v) is 2.31. The molecule has 0 amide bonds. The summed E-state index contributed by atoms with van der Waals surface area (Å²) in [6, 6.07) is 0.689. The molecule has 1 aliphatic rings. The number of carboxylic acid groups (broad SMARTS) is 1. The average molecular weight is 172 g/mol. The van der Waals surface area contributed by atoms with Gasteiger partial charge in [0.2, 0.25) is 0 Å². The Morgan fingerprint density at radius 2 is 2.00 bits per heavy atom. The van der Waals surface area contributed by atoms with Gasteiger partial charge in [0.1, 0.15) is 0 Å². The third kappa shape index (κ3) is 3.19. The molecule has 0 aliphatic heterocycles. The highest BCUT2D eigenvalue weighted by atomic mass is 16.4. The zero-order chi connectivity index (χ0) is 8.97. The smallest absolute Gasteiger partial charge is 0.317 e. The number of aliphatic carboxylic acids is 1. The van der Waals surface area contributed by atoms with E-state index in [1.54, 1.807) is 0 Å². The number of nitrogens with one attached hydrogen (secondary N) is 1. The lowest BCUT2D eigenvalue weighted by Crippen LogP contribution is -2.39. The summed E-state index contributed by atoms with van der Waals surface area (Å²) in [6.07, 6.45) is 4.04. The minimum atomic E-state index is -0.787. The number of carbonyl (C=O) groups is 1. The fraction of sp³-hybridized carbons (Fsp3) is 0.875. The molecule has 1 rings (SSSR count). The van der Waals surface area contributed by atoms with Crippen LogP contribution in [0.4, 0.5) is 0 Å². The SMILES string of the molecule is N[C@H]1CC[C@H](NCC(=O)O)CC1. The van der Waals surface area contributed by atoms with Gasteiger partial charge >= 0.3 is 5.97 Å². The van der Waals surface area contributed by atoms with Crippen LogP contribution >= 0.6 is 0 Å². The zero-order valence-electron chi connectivity index (χ0n) is 7.12. The Morgan fingerprint density at radius 3 is 2.50 bits per heavy atom. The number of hydrogen-bond donors (Lipinski definition) is 3. The molecule has 1 aliphatic carbocycles. The summed E-state index contributed by atoms with van der Waals surface area (Å²) >= 11 is 0. The molecular weight excluding hydrogens is 156 g/mol. The first-order valence-corrected chi connectivity index (χ1v) is 4.39. The minimum Gasteiger partial charge on any atom is -0.480 e. The molecule has 12 heavy (non-hydrogen) atoms. The van der Waals surface area contributed by atoms with Crippen molar-refractivity contribution in [1.82, 2.24) is 5.32 Å². The molecule has 0 radical (unpaired) electrons. The largest absolute Gasteiger partial charge is 0.480 e. The summed E-state index contributed by atoms with van der Waals surface area (Å²) in [7, 11) is 0. The molecule has 0 heterocycles. The first kappa shape index (κ1) is 9.48. The highest BCUT2D eigenvalue weighted by molar-refractivity contribution is 5.69. The van der Waals surface area contributed by atoms with Crippen molar-refractivity contribution in [2.75, 3.05) is 6.54 Å². The number of carboxylic acids is 1. The third-order valence-electron chi connectivity index (χ3n) is 2.31. The van der Waals surface area contributed by atoms with Crippen molar-refractivity contribution in [1.29, 1.82) is 0 Å². The molecule has 0 bridgehead atoms. The van der Waals surface area contributed by atoms with Gasteiger partial charge in [-0.1, -0.05) is 0 Å². The topological polar surface area (TPSA) is 75.3 Å². The first-order valence-electron chi connectivity index (χ1n) is 4.39. The second-order valence-electron chi connectivity index (χ2n) is 3.39. The van der Waals surface area contributed by atoms with Crippen LogP contribution in [0.3, 0.4) is 0 Å². The van der Waals surface area contributed by atoms with E-state index in [0.29, 0.717) is 12.1 Å². The van der Waals surface area contributed by atoms with Gasteiger partial charge in [0.25, 0.3) is 0 Å². The van der Waals surface area contributed by atoms with Crippen molar-refractivity contribution in [3.8, 4) is 0 Å². The van der Waals surface area contributed by atoms with Crippen molar-refractivity contribution in [2.24, 2.45) is 5.73 Å². The lowest BCUT2D eigenvalue weighted by atomic mass is 9.92. The molecule has 0 aromatic heterocycles. The van der Waals surface area contributed by atoms with Crippen LogP contribution in [0.25, 0.3) is 0 Å².